The van der Waals surface area contributed by atoms with Crippen molar-refractivity contribution in [3.05, 3.63) is 23.7 Å². The zero-order valence-electron chi connectivity index (χ0n) is 7.27. The number of aromatic carboxylic acids is 2. The van der Waals surface area contributed by atoms with Crippen molar-refractivity contribution >= 4 is 11.9 Å². The molecule has 0 atom stereocenters. The summed E-state index contributed by atoms with van der Waals surface area (Å²) in [6.07, 6.45) is 0. The van der Waals surface area contributed by atoms with Crippen LogP contribution >= 0.6 is 0 Å². The molecule has 0 radical (unpaired) electrons. The summed E-state index contributed by atoms with van der Waals surface area (Å²) in [4.78, 5) is 20.3. The molecule has 1 aromatic heterocycles. The second-order valence-corrected chi connectivity index (χ2v) is 1.77. The van der Waals surface area contributed by atoms with E-state index < -0.39 is 11.9 Å². The summed E-state index contributed by atoms with van der Waals surface area (Å²) in [5, 5.41) is 16.6. The Labute approximate surface area is 128 Å². The largest absolute Gasteiger partial charge is 1.00 e. The number of carboxylic acid groups (broad SMARTS) is 2. The van der Waals surface area contributed by atoms with E-state index in [4.69, 9.17) is 10.2 Å². The van der Waals surface area contributed by atoms with Crippen LogP contribution in [0.2, 0.25) is 0 Å². The molecular weight excluding hydrogens is 285 g/mol. The topological polar surface area (TPSA) is 87.7 Å². The van der Waals surface area contributed by atoms with Gasteiger partial charge in [0, 0.05) is 0 Å². The Kier molecular flexibility index (Phi) is 5.21. The van der Waals surface area contributed by atoms with Crippen LogP contribution in [0.25, 0.3) is 0 Å². The first-order chi connectivity index (χ1) is 5.11. The predicted molar refractivity (Wildman–Crippen MR) is 33.7 cm³/mol. The second kappa shape index (κ2) is 5.10. The van der Waals surface area contributed by atoms with Gasteiger partial charge in [0.15, 0.2) is 0 Å². The van der Waals surface area contributed by atoms with E-state index in [-0.39, 0.29) is 81.8 Å². The van der Waals surface area contributed by atoms with E-state index in [9.17, 15) is 9.59 Å². The zero-order chi connectivity index (χ0) is 8.43. The minimum atomic E-state index is -1.28. The van der Waals surface area contributed by atoms with Gasteiger partial charge in [-0.15, -0.1) is 0 Å². The average molecular weight is 290 g/mol. The van der Waals surface area contributed by atoms with E-state index in [2.05, 4.69) is 4.42 Å². The van der Waals surface area contributed by atoms with Gasteiger partial charge in [0.2, 0.25) is 11.5 Å². The molecule has 12 heavy (non-hydrogen) atoms. The number of furan rings is 1. The monoisotopic (exact) mass is 290 g/mol. The molecule has 1 heterocycles. The maximum Gasteiger partial charge on any atom is 1.00 e. The van der Waals surface area contributed by atoms with Gasteiger partial charge in [0.05, 0.1) is 0 Å². The van der Waals surface area contributed by atoms with Crippen molar-refractivity contribution in [1.29, 1.82) is 0 Å². The first-order valence-corrected chi connectivity index (χ1v) is 2.67. The molecule has 5 nitrogen and oxygen atoms in total. The molecule has 0 aliphatic rings. The first-order valence-electron chi connectivity index (χ1n) is 2.67. The van der Waals surface area contributed by atoms with Crippen molar-refractivity contribution in [2.75, 3.05) is 0 Å². The van der Waals surface area contributed by atoms with Gasteiger partial charge >= 0.3 is 80.8 Å². The van der Waals surface area contributed by atoms with E-state index in [1.807, 2.05) is 0 Å². The molecule has 0 unspecified atom stereocenters. The molecule has 1 rings (SSSR count). The average Bonchev–Trinajstić information content (AvgIpc) is 2.33. The molecular formula is C6H5CsO5. The quantitative estimate of drug-likeness (QED) is 0.645. The molecule has 60 valence electrons. The van der Waals surface area contributed by atoms with E-state index >= 15 is 0 Å². The van der Waals surface area contributed by atoms with Crippen molar-refractivity contribution in [3.8, 4) is 0 Å². The summed E-state index contributed by atoms with van der Waals surface area (Å²) < 4.78 is 4.41. The van der Waals surface area contributed by atoms with Crippen LogP contribution < -0.4 is 68.9 Å². The standard InChI is InChI=1S/C6H4O5.Cs.H/c7-5(8)3-1-2-4(11-3)6(9)10;;/h1-2H,(H,7,8)(H,9,10);;/q;+1;-1. The molecule has 0 aromatic carbocycles. The Balaban J connectivity index is 0. The van der Waals surface area contributed by atoms with Crippen molar-refractivity contribution in [3.63, 3.8) is 0 Å². The van der Waals surface area contributed by atoms with E-state index in [1.165, 1.54) is 0 Å². The van der Waals surface area contributed by atoms with Crippen molar-refractivity contribution in [2.45, 2.75) is 0 Å². The molecule has 2 N–H and O–H groups in total. The molecule has 0 amide bonds. The normalized spacial score (nSPS) is 8.67. The maximum absolute atomic E-state index is 10.2. The fourth-order valence-corrected chi connectivity index (χ4v) is 0.568. The molecule has 6 heteroatoms. The van der Waals surface area contributed by atoms with Gasteiger partial charge in [-0.2, -0.15) is 0 Å². The summed E-state index contributed by atoms with van der Waals surface area (Å²) >= 11 is 0. The molecule has 0 spiro atoms. The molecule has 0 aliphatic carbocycles. The predicted octanol–water partition coefficient (Wildman–Crippen LogP) is -2.21. The smallest absolute Gasteiger partial charge is 1.00 e. The Bertz CT molecular complexity index is 279. The number of hydrogen-bond acceptors (Lipinski definition) is 3. The Morgan fingerprint density at radius 1 is 1.17 bits per heavy atom. The van der Waals surface area contributed by atoms with Crippen LogP contribution in [-0.4, -0.2) is 22.2 Å². The van der Waals surface area contributed by atoms with Crippen LogP contribution in [0.3, 0.4) is 0 Å². The number of hydrogen-bond donors (Lipinski definition) is 2. The van der Waals surface area contributed by atoms with Gasteiger partial charge in [-0.1, -0.05) is 0 Å². The van der Waals surface area contributed by atoms with Gasteiger partial charge in [-0.05, 0) is 12.1 Å². The van der Waals surface area contributed by atoms with E-state index in [1.54, 1.807) is 0 Å². The molecule has 0 aliphatic heterocycles. The molecule has 0 bridgehead atoms. The van der Waals surface area contributed by atoms with E-state index in [0.29, 0.717) is 0 Å². The summed E-state index contributed by atoms with van der Waals surface area (Å²) in [6, 6.07) is 2.18. The summed E-state index contributed by atoms with van der Waals surface area (Å²) in [5.74, 6) is -3.31. The van der Waals surface area contributed by atoms with Gasteiger partial charge in [-0.3, -0.25) is 0 Å². The fraction of sp³-hybridized carbons (Fsp3) is 0. The zero-order valence-corrected chi connectivity index (χ0v) is 12.6. The third kappa shape index (κ3) is 2.96. The maximum atomic E-state index is 10.2. The Hall–Kier alpha value is 0.272. The summed E-state index contributed by atoms with van der Waals surface area (Å²) in [5.41, 5.74) is 0. The molecule has 0 saturated carbocycles. The van der Waals surface area contributed by atoms with Gasteiger partial charge < -0.3 is 16.1 Å². The second-order valence-electron chi connectivity index (χ2n) is 1.77. The third-order valence-electron chi connectivity index (χ3n) is 1.03. The van der Waals surface area contributed by atoms with Crippen LogP contribution in [0.15, 0.2) is 16.5 Å². The third-order valence-corrected chi connectivity index (χ3v) is 1.03. The van der Waals surface area contributed by atoms with Crippen LogP contribution in [0, 0.1) is 0 Å². The molecule has 0 saturated heterocycles. The minimum Gasteiger partial charge on any atom is -1.00 e. The number of carbonyl (C=O) groups is 2. The van der Waals surface area contributed by atoms with Crippen LogP contribution in [-0.2, 0) is 0 Å². The Morgan fingerprint density at radius 2 is 1.50 bits per heavy atom. The number of rotatable bonds is 2. The summed E-state index contributed by atoms with van der Waals surface area (Å²) in [6.45, 7) is 0. The van der Waals surface area contributed by atoms with Crippen LogP contribution in [0.5, 0.6) is 0 Å². The van der Waals surface area contributed by atoms with Crippen LogP contribution in [0.1, 0.15) is 22.5 Å². The van der Waals surface area contributed by atoms with Gasteiger partial charge in [-0.25, -0.2) is 9.59 Å². The molecule has 1 aromatic rings. The SMILES string of the molecule is O=C(O)c1ccc(C(=O)O)o1.[Cs+].[H-]. The number of carboxylic acids is 2. The fourth-order valence-electron chi connectivity index (χ4n) is 0.568. The Morgan fingerprint density at radius 3 is 1.67 bits per heavy atom. The van der Waals surface area contributed by atoms with Gasteiger partial charge in [0.25, 0.3) is 0 Å². The van der Waals surface area contributed by atoms with Crippen LogP contribution in [0.4, 0.5) is 0 Å². The van der Waals surface area contributed by atoms with Crippen molar-refractivity contribution < 1.29 is 94.5 Å². The molecule has 0 fully saturated rings. The van der Waals surface area contributed by atoms with Crippen molar-refractivity contribution in [1.82, 2.24) is 0 Å². The van der Waals surface area contributed by atoms with E-state index in [0.717, 1.165) is 12.1 Å². The van der Waals surface area contributed by atoms with Crippen molar-refractivity contribution in [2.24, 2.45) is 0 Å². The summed E-state index contributed by atoms with van der Waals surface area (Å²) in [7, 11) is 0. The minimum absolute atomic E-state index is 0. The van der Waals surface area contributed by atoms with Gasteiger partial charge in [0.1, 0.15) is 0 Å². The first kappa shape index (κ1) is 12.3.